The summed E-state index contributed by atoms with van der Waals surface area (Å²) in [6.07, 6.45) is 1.21. The molecule has 2 amide bonds. The van der Waals surface area contributed by atoms with Crippen LogP contribution < -0.4 is 10.2 Å². The van der Waals surface area contributed by atoms with Gasteiger partial charge >= 0.3 is 5.97 Å². The van der Waals surface area contributed by atoms with Crippen LogP contribution in [-0.4, -0.2) is 46.2 Å². The smallest absolute Gasteiger partial charge is 0.323 e. The van der Waals surface area contributed by atoms with Crippen LogP contribution >= 0.6 is 0 Å². The Morgan fingerprint density at radius 1 is 1.07 bits per heavy atom. The lowest BCUT2D eigenvalue weighted by molar-refractivity contribution is -0.136. The van der Waals surface area contributed by atoms with Crippen LogP contribution in [0, 0.1) is 0 Å². The van der Waals surface area contributed by atoms with Crippen molar-refractivity contribution in [1.82, 2.24) is 10.3 Å². The first-order chi connectivity index (χ1) is 14.5. The van der Waals surface area contributed by atoms with E-state index in [1.807, 2.05) is 12.1 Å². The molecule has 0 spiro atoms. The maximum absolute atomic E-state index is 13.1. The average molecular weight is 403 g/mol. The van der Waals surface area contributed by atoms with Gasteiger partial charge in [-0.2, -0.15) is 0 Å². The number of ketones is 1. The number of carboxylic acids is 1. The molecule has 0 fully saturated rings. The minimum absolute atomic E-state index is 0.125. The molecule has 8 heteroatoms. The molecule has 0 aliphatic carbocycles. The number of carbonyl (C=O) groups is 4. The maximum atomic E-state index is 13.1. The highest BCUT2D eigenvalue weighted by Gasteiger charge is 2.36. The Morgan fingerprint density at radius 2 is 1.80 bits per heavy atom. The summed E-state index contributed by atoms with van der Waals surface area (Å²) in [6, 6.07) is 14.0. The van der Waals surface area contributed by atoms with E-state index in [1.54, 1.807) is 30.3 Å². The Hall–Kier alpha value is -4.07. The van der Waals surface area contributed by atoms with E-state index in [-0.39, 0.29) is 29.1 Å². The van der Waals surface area contributed by atoms with E-state index in [0.29, 0.717) is 5.39 Å². The highest BCUT2D eigenvalue weighted by Crippen LogP contribution is 2.27. The van der Waals surface area contributed by atoms with Gasteiger partial charge in [-0.25, -0.2) is 0 Å². The maximum Gasteiger partial charge on any atom is 0.323 e. The van der Waals surface area contributed by atoms with E-state index in [0.717, 1.165) is 10.3 Å². The summed E-state index contributed by atoms with van der Waals surface area (Å²) < 4.78 is 0. The minimum atomic E-state index is -1.23. The molecule has 2 heterocycles. The third kappa shape index (κ3) is 3.50. The second kappa shape index (κ2) is 7.75. The predicted octanol–water partition coefficient (Wildman–Crippen LogP) is 2.04. The fraction of sp³-hybridized carbons (Fsp3) is 0.136. The lowest BCUT2D eigenvalue weighted by Crippen LogP contribution is -2.49. The molecule has 4 rings (SSSR count). The Kier molecular flexibility index (Phi) is 4.97. The highest BCUT2D eigenvalue weighted by molar-refractivity contribution is 6.15. The number of hydrogen-bond acceptors (Lipinski definition) is 5. The van der Waals surface area contributed by atoms with Gasteiger partial charge in [0.15, 0.2) is 5.78 Å². The van der Waals surface area contributed by atoms with Crippen molar-refractivity contribution in [3.8, 4) is 0 Å². The van der Waals surface area contributed by atoms with Gasteiger partial charge in [-0.3, -0.25) is 29.1 Å². The first kappa shape index (κ1) is 19.3. The number of para-hydroxylation sites is 1. The lowest BCUT2D eigenvalue weighted by Gasteiger charge is -2.24. The molecule has 8 nitrogen and oxygen atoms in total. The SMILES string of the molecule is O=C(O)CN1C(=O)[C@@H](NC(=O)c2nccc3ccccc23)CC(=O)c2ccccc21. The molecule has 30 heavy (non-hydrogen) atoms. The summed E-state index contributed by atoms with van der Waals surface area (Å²) in [7, 11) is 0. The number of anilines is 1. The molecule has 0 radical (unpaired) electrons. The van der Waals surface area contributed by atoms with Gasteiger partial charge in [0, 0.05) is 23.6 Å². The van der Waals surface area contributed by atoms with Gasteiger partial charge in [-0.1, -0.05) is 36.4 Å². The Labute approximate surface area is 171 Å². The third-order valence-corrected chi connectivity index (χ3v) is 4.94. The molecule has 0 saturated carbocycles. The van der Waals surface area contributed by atoms with Gasteiger partial charge in [-0.05, 0) is 23.6 Å². The molecule has 2 aromatic carbocycles. The number of rotatable bonds is 4. The van der Waals surface area contributed by atoms with Gasteiger partial charge < -0.3 is 10.4 Å². The normalized spacial score (nSPS) is 16.1. The Bertz CT molecular complexity index is 1180. The first-order valence-electron chi connectivity index (χ1n) is 9.25. The number of hydrogen-bond donors (Lipinski definition) is 2. The summed E-state index contributed by atoms with van der Waals surface area (Å²) in [5, 5.41) is 13.2. The molecule has 1 aliphatic heterocycles. The summed E-state index contributed by atoms with van der Waals surface area (Å²) >= 11 is 0. The monoisotopic (exact) mass is 403 g/mol. The van der Waals surface area contributed by atoms with E-state index in [1.165, 1.54) is 18.3 Å². The fourth-order valence-corrected chi connectivity index (χ4v) is 3.57. The number of amides is 2. The zero-order valence-electron chi connectivity index (χ0n) is 15.7. The Morgan fingerprint density at radius 3 is 2.60 bits per heavy atom. The third-order valence-electron chi connectivity index (χ3n) is 4.94. The zero-order valence-corrected chi connectivity index (χ0v) is 15.7. The van der Waals surface area contributed by atoms with Crippen LogP contribution in [0.2, 0.25) is 0 Å². The molecule has 0 saturated heterocycles. The van der Waals surface area contributed by atoms with Crippen molar-refractivity contribution in [3.05, 3.63) is 72.1 Å². The van der Waals surface area contributed by atoms with Crippen LogP contribution in [0.1, 0.15) is 27.3 Å². The second-order valence-electron chi connectivity index (χ2n) is 6.87. The molecular weight excluding hydrogens is 386 g/mol. The van der Waals surface area contributed by atoms with E-state index in [2.05, 4.69) is 10.3 Å². The number of Topliss-reactive ketones (excluding diaryl/α,β-unsaturated/α-hetero) is 1. The van der Waals surface area contributed by atoms with Crippen LogP contribution in [0.3, 0.4) is 0 Å². The molecule has 1 aliphatic rings. The van der Waals surface area contributed by atoms with Crippen LogP contribution in [0.4, 0.5) is 5.69 Å². The molecule has 1 aromatic heterocycles. The average Bonchev–Trinajstić information content (AvgIpc) is 2.84. The summed E-state index contributed by atoms with van der Waals surface area (Å²) in [5.74, 6) is -2.86. The van der Waals surface area contributed by atoms with Crippen LogP contribution in [-0.2, 0) is 9.59 Å². The number of fused-ring (bicyclic) bond motifs is 2. The molecule has 1 atom stereocenters. The molecule has 0 unspecified atom stereocenters. The van der Waals surface area contributed by atoms with Crippen molar-refractivity contribution < 1.29 is 24.3 Å². The molecule has 2 N–H and O–H groups in total. The number of aliphatic carboxylic acids is 1. The van der Waals surface area contributed by atoms with Gasteiger partial charge in [0.2, 0.25) is 0 Å². The first-order valence-corrected chi connectivity index (χ1v) is 9.25. The topological polar surface area (TPSA) is 117 Å². The van der Waals surface area contributed by atoms with Crippen molar-refractivity contribution in [2.24, 2.45) is 0 Å². The number of carbonyl (C=O) groups excluding carboxylic acids is 3. The molecule has 0 bridgehead atoms. The van der Waals surface area contributed by atoms with E-state index < -0.39 is 30.4 Å². The number of pyridine rings is 1. The molecule has 150 valence electrons. The highest BCUT2D eigenvalue weighted by atomic mass is 16.4. The summed E-state index contributed by atoms with van der Waals surface area (Å²) in [5.41, 5.74) is 0.585. The Balaban J connectivity index is 1.69. The largest absolute Gasteiger partial charge is 0.480 e. The number of carboxylic acid groups (broad SMARTS) is 1. The fourth-order valence-electron chi connectivity index (χ4n) is 3.57. The van der Waals surface area contributed by atoms with Gasteiger partial charge in [0.25, 0.3) is 11.8 Å². The number of nitrogens with one attached hydrogen (secondary N) is 1. The quantitative estimate of drug-likeness (QED) is 0.689. The second-order valence-corrected chi connectivity index (χ2v) is 6.87. The summed E-state index contributed by atoms with van der Waals surface area (Å²) in [4.78, 5) is 55.2. The van der Waals surface area contributed by atoms with Crippen molar-refractivity contribution in [2.75, 3.05) is 11.4 Å². The van der Waals surface area contributed by atoms with Gasteiger partial charge in [-0.15, -0.1) is 0 Å². The standard InChI is InChI=1S/C22H17N3O5/c26-18-11-16(22(30)25(12-19(27)28)17-8-4-3-7-15(17)18)24-21(29)20-14-6-2-1-5-13(14)9-10-23-20/h1-10,16H,11-12H2,(H,24,29)(H,27,28)/t16-/m0/s1. The molecule has 3 aromatic rings. The van der Waals surface area contributed by atoms with Crippen LogP contribution in [0.25, 0.3) is 10.8 Å². The van der Waals surface area contributed by atoms with Gasteiger partial charge in [0.05, 0.1) is 5.69 Å². The number of nitrogens with zero attached hydrogens (tertiary/aromatic N) is 2. The number of aromatic nitrogens is 1. The van der Waals surface area contributed by atoms with Crippen molar-refractivity contribution in [1.29, 1.82) is 0 Å². The van der Waals surface area contributed by atoms with Crippen molar-refractivity contribution >= 4 is 40.0 Å². The van der Waals surface area contributed by atoms with Crippen LogP contribution in [0.15, 0.2) is 60.8 Å². The van der Waals surface area contributed by atoms with Crippen molar-refractivity contribution in [3.63, 3.8) is 0 Å². The molecular formula is C22H17N3O5. The number of benzene rings is 2. The van der Waals surface area contributed by atoms with E-state index >= 15 is 0 Å². The van der Waals surface area contributed by atoms with Crippen molar-refractivity contribution in [2.45, 2.75) is 12.5 Å². The van der Waals surface area contributed by atoms with Crippen LogP contribution in [0.5, 0.6) is 0 Å². The van der Waals surface area contributed by atoms with E-state index in [4.69, 9.17) is 0 Å². The minimum Gasteiger partial charge on any atom is -0.480 e. The van der Waals surface area contributed by atoms with Gasteiger partial charge in [0.1, 0.15) is 18.3 Å². The van der Waals surface area contributed by atoms with E-state index in [9.17, 15) is 24.3 Å². The zero-order chi connectivity index (χ0) is 21.3. The predicted molar refractivity (Wildman–Crippen MR) is 108 cm³/mol. The lowest BCUT2D eigenvalue weighted by atomic mass is 10.0. The summed E-state index contributed by atoms with van der Waals surface area (Å²) in [6.45, 7) is -0.623.